The van der Waals surface area contributed by atoms with Gasteiger partial charge >= 0.3 is 0 Å². The Hall–Kier alpha value is -7.16. The largest absolute Gasteiger partial charge is 0.229 e. The van der Waals surface area contributed by atoms with E-state index in [9.17, 15) is 0 Å². The lowest BCUT2D eigenvalue weighted by atomic mass is 9.60. The van der Waals surface area contributed by atoms with E-state index in [0.29, 0.717) is 11.5 Å². The molecule has 0 amide bonds. The van der Waals surface area contributed by atoms with Gasteiger partial charge in [-0.2, -0.15) is 0 Å². The zero-order chi connectivity index (χ0) is 38.8. The molecule has 0 fully saturated rings. The molecule has 2 aliphatic carbocycles. The fraction of sp³-hybridized carbons (Fsp3) is 0.0545. The molecule has 0 aromatic heterocycles. The smallest absolute Gasteiger partial charge is 0.161 e. The summed E-state index contributed by atoms with van der Waals surface area (Å²) >= 11 is 0. The van der Waals surface area contributed by atoms with E-state index in [-0.39, 0.29) is 11.3 Å². The Morgan fingerprint density at radius 1 is 0.544 bits per heavy atom. The maximum Gasteiger partial charge on any atom is 0.161 e. The van der Waals surface area contributed by atoms with Gasteiger partial charge in [-0.1, -0.05) is 202 Å². The maximum atomic E-state index is 5.29. The minimum Gasteiger partial charge on any atom is -0.229 e. The molecule has 7 aromatic carbocycles. The Kier molecular flexibility index (Phi) is 9.46. The van der Waals surface area contributed by atoms with Gasteiger partial charge in [0.15, 0.2) is 5.84 Å². The van der Waals surface area contributed by atoms with Gasteiger partial charge in [0.2, 0.25) is 0 Å². The van der Waals surface area contributed by atoms with Crippen LogP contribution >= 0.6 is 0 Å². The van der Waals surface area contributed by atoms with Crippen LogP contribution in [0.5, 0.6) is 0 Å². The predicted octanol–water partition coefficient (Wildman–Crippen LogP) is 13.9. The summed E-state index contributed by atoms with van der Waals surface area (Å²) in [6, 6.07) is 62.0. The van der Waals surface area contributed by atoms with Crippen LogP contribution in [0.25, 0.3) is 50.2 Å². The Balaban J connectivity index is 1.15. The molecule has 9 rings (SSSR count). The van der Waals surface area contributed by atoms with E-state index in [2.05, 4.69) is 178 Å². The van der Waals surface area contributed by atoms with Crippen molar-refractivity contribution in [2.45, 2.75) is 18.3 Å². The molecule has 2 unspecified atom stereocenters. The minimum atomic E-state index is -0.106. The lowest BCUT2D eigenvalue weighted by molar-refractivity contribution is 0.519. The molecular weight excluding hydrogens is 689 g/mol. The first kappa shape index (κ1) is 35.5. The van der Waals surface area contributed by atoms with Crippen LogP contribution in [0.4, 0.5) is 0 Å². The Labute approximate surface area is 336 Å². The van der Waals surface area contributed by atoms with Gasteiger partial charge in [0.05, 0.1) is 11.4 Å². The van der Waals surface area contributed by atoms with Gasteiger partial charge in [-0.3, -0.25) is 0 Å². The van der Waals surface area contributed by atoms with Crippen molar-refractivity contribution in [1.82, 2.24) is 0 Å². The fourth-order valence-electron chi connectivity index (χ4n) is 8.45. The normalized spacial score (nSPS) is 17.0. The molecule has 0 N–H and O–H groups in total. The van der Waals surface area contributed by atoms with Crippen molar-refractivity contribution < 1.29 is 0 Å². The zero-order valence-electron chi connectivity index (χ0n) is 32.0. The van der Waals surface area contributed by atoms with E-state index >= 15 is 0 Å². The molecule has 272 valence electrons. The van der Waals surface area contributed by atoms with E-state index in [4.69, 9.17) is 9.98 Å². The summed E-state index contributed by atoms with van der Waals surface area (Å²) in [4.78, 5) is 10.5. The van der Waals surface area contributed by atoms with E-state index in [0.717, 1.165) is 50.2 Å². The van der Waals surface area contributed by atoms with Gasteiger partial charge in [0, 0.05) is 22.5 Å². The van der Waals surface area contributed by atoms with Crippen LogP contribution in [-0.4, -0.2) is 11.5 Å². The van der Waals surface area contributed by atoms with Crippen molar-refractivity contribution >= 4 is 17.2 Å². The quantitative estimate of drug-likeness (QED) is 0.110. The second kappa shape index (κ2) is 15.2. The third-order valence-corrected chi connectivity index (χ3v) is 11.4. The van der Waals surface area contributed by atoms with E-state index in [1.54, 1.807) is 0 Å². The summed E-state index contributed by atoms with van der Waals surface area (Å²) < 4.78 is 0. The van der Waals surface area contributed by atoms with E-state index in [1.807, 2.05) is 48.5 Å². The number of fused-ring (bicyclic) bond motifs is 6. The number of amidine groups is 1. The average Bonchev–Trinajstić information content (AvgIpc) is 3.28. The fourth-order valence-corrected chi connectivity index (χ4v) is 8.45. The highest BCUT2D eigenvalue weighted by atomic mass is 14.9. The second-order valence-electron chi connectivity index (χ2n) is 14.9. The Bertz CT molecular complexity index is 2780. The number of aliphatic imine (C=N–C) groups is 2. The van der Waals surface area contributed by atoms with Gasteiger partial charge in [-0.25, -0.2) is 9.98 Å². The lowest BCUT2D eigenvalue weighted by Gasteiger charge is -2.42. The molecule has 2 nitrogen and oxygen atoms in total. The molecule has 0 bridgehead atoms. The van der Waals surface area contributed by atoms with Gasteiger partial charge in [-0.05, 0) is 85.5 Å². The van der Waals surface area contributed by atoms with E-state index in [1.165, 1.54) is 27.8 Å². The highest BCUT2D eigenvalue weighted by Crippen LogP contribution is 2.53. The minimum absolute atomic E-state index is 0.106. The van der Waals surface area contributed by atoms with Crippen molar-refractivity contribution in [2.75, 3.05) is 0 Å². The molecule has 0 saturated heterocycles. The monoisotopic (exact) mass is 730 g/mol. The van der Waals surface area contributed by atoms with Gasteiger partial charge in [-0.15, -0.1) is 0 Å². The van der Waals surface area contributed by atoms with Gasteiger partial charge < -0.3 is 0 Å². The van der Waals surface area contributed by atoms with Crippen molar-refractivity contribution in [3.05, 3.63) is 247 Å². The third kappa shape index (κ3) is 6.77. The molecule has 0 heterocycles. The molecule has 0 aliphatic heterocycles. The van der Waals surface area contributed by atoms with Crippen molar-refractivity contribution in [1.29, 1.82) is 0 Å². The molecule has 2 heteroatoms. The first-order valence-corrected chi connectivity index (χ1v) is 19.5. The standard InChI is InChI=1S/C55H42N2/c1-4-53(45-26-18-23-41(36-45)40-21-9-6-10-22-40)57-54(56-38(2)39-19-7-5-8-20-39)49-29-12-11-27-46(49)44-25-17-24-42(35-44)43-32-33-47-48-28-13-14-30-51(48)55(3)34-16-15-31-52(55)50(47)37-43/h4-37,52H,1-2H2,3H3/b56-54-,57-53+. The number of hydrogen-bond donors (Lipinski definition) is 0. The van der Waals surface area contributed by atoms with Gasteiger partial charge in [0.1, 0.15) is 0 Å². The van der Waals surface area contributed by atoms with Crippen molar-refractivity contribution in [2.24, 2.45) is 9.98 Å². The topological polar surface area (TPSA) is 24.7 Å². The number of nitrogens with zero attached hydrogens (tertiary/aromatic N) is 2. The number of rotatable bonds is 8. The summed E-state index contributed by atoms with van der Waals surface area (Å²) in [5, 5.41) is 0. The van der Waals surface area contributed by atoms with Crippen LogP contribution in [0.3, 0.4) is 0 Å². The molecule has 7 aromatic rings. The molecule has 2 atom stereocenters. The lowest BCUT2D eigenvalue weighted by Crippen LogP contribution is -2.32. The molecule has 0 spiro atoms. The highest BCUT2D eigenvalue weighted by molar-refractivity contribution is 6.19. The van der Waals surface area contributed by atoms with Crippen molar-refractivity contribution in [3.8, 4) is 44.5 Å². The van der Waals surface area contributed by atoms with Crippen LogP contribution in [0, 0.1) is 0 Å². The predicted molar refractivity (Wildman–Crippen MR) is 242 cm³/mol. The highest BCUT2D eigenvalue weighted by Gasteiger charge is 2.41. The summed E-state index contributed by atoms with van der Waals surface area (Å²) in [5.74, 6) is 0.812. The molecular formula is C55H42N2. The Morgan fingerprint density at radius 3 is 1.98 bits per heavy atom. The number of allylic oxidation sites excluding steroid dienone is 5. The van der Waals surface area contributed by atoms with Crippen LogP contribution in [0.15, 0.2) is 229 Å². The van der Waals surface area contributed by atoms with E-state index < -0.39 is 0 Å². The van der Waals surface area contributed by atoms with Crippen LogP contribution in [0.1, 0.15) is 40.7 Å². The third-order valence-electron chi connectivity index (χ3n) is 11.4. The Morgan fingerprint density at radius 2 is 1.18 bits per heavy atom. The average molecular weight is 731 g/mol. The first-order valence-electron chi connectivity index (χ1n) is 19.5. The maximum absolute atomic E-state index is 5.29. The summed E-state index contributed by atoms with van der Waals surface area (Å²) in [7, 11) is 0. The second-order valence-corrected chi connectivity index (χ2v) is 14.9. The molecule has 2 aliphatic rings. The molecule has 57 heavy (non-hydrogen) atoms. The zero-order valence-corrected chi connectivity index (χ0v) is 32.0. The van der Waals surface area contributed by atoms with Crippen LogP contribution in [-0.2, 0) is 5.41 Å². The summed E-state index contributed by atoms with van der Waals surface area (Å²) in [6.07, 6.45) is 10.9. The number of hydrogen-bond acceptors (Lipinski definition) is 1. The summed E-state index contributed by atoms with van der Waals surface area (Å²) in [5.41, 5.74) is 16.1. The van der Waals surface area contributed by atoms with Crippen LogP contribution in [0.2, 0.25) is 0 Å². The molecule has 0 radical (unpaired) electrons. The first-order chi connectivity index (χ1) is 28.0. The number of benzene rings is 7. The molecule has 0 saturated carbocycles. The van der Waals surface area contributed by atoms with Crippen LogP contribution < -0.4 is 0 Å². The van der Waals surface area contributed by atoms with Gasteiger partial charge in [0.25, 0.3) is 0 Å². The van der Waals surface area contributed by atoms with Crippen molar-refractivity contribution in [3.63, 3.8) is 0 Å². The summed E-state index contributed by atoms with van der Waals surface area (Å²) in [6.45, 7) is 11.0. The SMILES string of the molecule is C=C/C(=N\C(=N/C(=C)c1ccccc1)c1ccccc1-c1cccc(-c2ccc3c(c2)C2C=CC=CC2(C)c2ccccc2-3)c1)c1cccc(-c2ccccc2)c1.